The van der Waals surface area contributed by atoms with Crippen molar-refractivity contribution in [1.82, 2.24) is 9.88 Å². The molecule has 0 N–H and O–H groups in total. The Morgan fingerprint density at radius 2 is 2.14 bits per heavy atom. The molecule has 1 aromatic carbocycles. The van der Waals surface area contributed by atoms with Crippen LogP contribution in [0.5, 0.6) is 0 Å². The van der Waals surface area contributed by atoms with E-state index in [4.69, 9.17) is 23.2 Å². The van der Waals surface area contributed by atoms with Gasteiger partial charge in [0.25, 0.3) is 0 Å². The smallest absolute Gasteiger partial charge is 0.165 e. The Kier molecular flexibility index (Phi) is 5.76. The molecular formula is C15H16Cl2N2OS. The van der Waals surface area contributed by atoms with E-state index >= 15 is 0 Å². The molecule has 3 nitrogen and oxygen atoms in total. The van der Waals surface area contributed by atoms with Gasteiger partial charge in [-0.3, -0.25) is 4.79 Å². The molecule has 1 heterocycles. The van der Waals surface area contributed by atoms with Gasteiger partial charge in [-0.25, -0.2) is 4.98 Å². The van der Waals surface area contributed by atoms with Crippen LogP contribution in [0.3, 0.4) is 0 Å². The Hall–Kier alpha value is -0.940. The second-order valence-electron chi connectivity index (χ2n) is 4.87. The molecule has 6 heteroatoms. The van der Waals surface area contributed by atoms with Crippen LogP contribution in [0, 0.1) is 6.92 Å². The van der Waals surface area contributed by atoms with Crippen molar-refractivity contribution in [2.75, 3.05) is 13.6 Å². The molecule has 0 unspecified atom stereocenters. The molecule has 2 rings (SSSR count). The first-order valence-electron chi connectivity index (χ1n) is 6.53. The van der Waals surface area contributed by atoms with Crippen molar-refractivity contribution in [1.29, 1.82) is 0 Å². The van der Waals surface area contributed by atoms with Crippen molar-refractivity contribution < 1.29 is 4.79 Å². The van der Waals surface area contributed by atoms with Crippen molar-refractivity contribution in [3.8, 4) is 0 Å². The maximum absolute atomic E-state index is 12.2. The standard InChI is InChI=1S/C15H16Cl2N2OS/c1-10-14(21-9-18-10)8-19(2)7-6-13(20)11-4-3-5-12(16)15(11)17/h3-5,9H,6-8H2,1-2H3. The Bertz CT molecular complexity index is 642. The Balaban J connectivity index is 1.92. The number of benzene rings is 1. The van der Waals surface area contributed by atoms with Crippen molar-refractivity contribution in [3.05, 3.63) is 49.9 Å². The van der Waals surface area contributed by atoms with E-state index in [0.717, 1.165) is 12.2 Å². The summed E-state index contributed by atoms with van der Waals surface area (Å²) in [5.74, 6) is 0.00961. The van der Waals surface area contributed by atoms with E-state index in [2.05, 4.69) is 9.88 Å². The molecule has 112 valence electrons. The normalized spacial score (nSPS) is 11.1. The number of ketones is 1. The van der Waals surface area contributed by atoms with Crippen LogP contribution < -0.4 is 0 Å². The van der Waals surface area contributed by atoms with Gasteiger partial charge in [-0.05, 0) is 26.1 Å². The molecule has 0 saturated carbocycles. The molecule has 0 aliphatic carbocycles. The van der Waals surface area contributed by atoms with E-state index < -0.39 is 0 Å². The summed E-state index contributed by atoms with van der Waals surface area (Å²) in [6.45, 7) is 3.46. The van der Waals surface area contributed by atoms with Crippen LogP contribution in [0.15, 0.2) is 23.7 Å². The molecule has 0 aliphatic heterocycles. The van der Waals surface area contributed by atoms with Crippen molar-refractivity contribution in [3.63, 3.8) is 0 Å². The second-order valence-corrected chi connectivity index (χ2v) is 6.60. The molecular weight excluding hydrogens is 327 g/mol. The molecule has 0 fully saturated rings. The van der Waals surface area contributed by atoms with Gasteiger partial charge in [-0.2, -0.15) is 0 Å². The fraction of sp³-hybridized carbons (Fsp3) is 0.333. The van der Waals surface area contributed by atoms with Crippen LogP contribution in [0.25, 0.3) is 0 Å². The lowest BCUT2D eigenvalue weighted by atomic mass is 10.1. The molecule has 2 aromatic rings. The van der Waals surface area contributed by atoms with E-state index in [9.17, 15) is 4.79 Å². The summed E-state index contributed by atoms with van der Waals surface area (Å²) >= 11 is 13.6. The summed E-state index contributed by atoms with van der Waals surface area (Å²) in [5, 5.41) is 0.751. The minimum absolute atomic E-state index is 0.00961. The number of aromatic nitrogens is 1. The average Bonchev–Trinajstić information content (AvgIpc) is 2.84. The van der Waals surface area contributed by atoms with E-state index in [0.29, 0.717) is 28.6 Å². The Morgan fingerprint density at radius 3 is 2.81 bits per heavy atom. The molecule has 0 bridgehead atoms. The van der Waals surface area contributed by atoms with Crippen molar-refractivity contribution >= 4 is 40.3 Å². The first-order chi connectivity index (χ1) is 9.99. The van der Waals surface area contributed by atoms with Gasteiger partial charge < -0.3 is 4.90 Å². The first-order valence-corrected chi connectivity index (χ1v) is 8.17. The lowest BCUT2D eigenvalue weighted by molar-refractivity contribution is 0.0968. The Labute approximate surface area is 138 Å². The summed E-state index contributed by atoms with van der Waals surface area (Å²) in [6, 6.07) is 5.13. The monoisotopic (exact) mass is 342 g/mol. The molecule has 21 heavy (non-hydrogen) atoms. The maximum Gasteiger partial charge on any atom is 0.165 e. The second kappa shape index (κ2) is 7.36. The summed E-state index contributed by atoms with van der Waals surface area (Å²) in [4.78, 5) is 19.8. The van der Waals surface area contributed by atoms with Crippen molar-refractivity contribution in [2.45, 2.75) is 19.9 Å². The van der Waals surface area contributed by atoms with Gasteiger partial charge in [0.15, 0.2) is 5.78 Å². The highest BCUT2D eigenvalue weighted by atomic mass is 35.5. The van der Waals surface area contributed by atoms with Crippen LogP contribution >= 0.6 is 34.5 Å². The van der Waals surface area contributed by atoms with Gasteiger partial charge in [0.05, 0.1) is 21.2 Å². The number of aryl methyl sites for hydroxylation is 1. The Morgan fingerprint density at radius 1 is 1.38 bits per heavy atom. The maximum atomic E-state index is 12.2. The largest absolute Gasteiger partial charge is 0.301 e. The van der Waals surface area contributed by atoms with E-state index in [1.165, 1.54) is 4.88 Å². The minimum Gasteiger partial charge on any atom is -0.301 e. The third-order valence-electron chi connectivity index (χ3n) is 3.23. The van der Waals surface area contributed by atoms with Crippen LogP contribution in [0.1, 0.15) is 27.3 Å². The zero-order chi connectivity index (χ0) is 15.4. The number of carbonyl (C=O) groups is 1. The molecule has 0 spiro atoms. The van der Waals surface area contributed by atoms with Gasteiger partial charge in [0, 0.05) is 30.0 Å². The van der Waals surface area contributed by atoms with Crippen molar-refractivity contribution in [2.24, 2.45) is 0 Å². The fourth-order valence-corrected chi connectivity index (χ4v) is 3.21. The highest BCUT2D eigenvalue weighted by Crippen LogP contribution is 2.26. The highest BCUT2D eigenvalue weighted by molar-refractivity contribution is 7.09. The number of halogens is 2. The summed E-state index contributed by atoms with van der Waals surface area (Å²) < 4.78 is 0. The number of nitrogens with zero attached hydrogens (tertiary/aromatic N) is 2. The van der Waals surface area contributed by atoms with Crippen LogP contribution in [0.4, 0.5) is 0 Å². The number of hydrogen-bond donors (Lipinski definition) is 0. The summed E-state index contributed by atoms with van der Waals surface area (Å²) in [7, 11) is 1.99. The lowest BCUT2D eigenvalue weighted by Crippen LogP contribution is -2.21. The topological polar surface area (TPSA) is 33.2 Å². The van der Waals surface area contributed by atoms with E-state index in [1.807, 2.05) is 19.5 Å². The predicted molar refractivity (Wildman–Crippen MR) is 88.6 cm³/mol. The van der Waals surface area contributed by atoms with Crippen LogP contribution in [-0.2, 0) is 6.54 Å². The molecule has 1 aromatic heterocycles. The van der Waals surface area contributed by atoms with Gasteiger partial charge in [0.2, 0.25) is 0 Å². The van der Waals surface area contributed by atoms with Crippen LogP contribution in [-0.4, -0.2) is 29.3 Å². The van der Waals surface area contributed by atoms with Gasteiger partial charge in [-0.15, -0.1) is 11.3 Å². The van der Waals surface area contributed by atoms with Gasteiger partial charge >= 0.3 is 0 Å². The molecule has 0 atom stereocenters. The minimum atomic E-state index is 0.00961. The SMILES string of the molecule is Cc1ncsc1CN(C)CCC(=O)c1cccc(Cl)c1Cl. The summed E-state index contributed by atoms with van der Waals surface area (Å²) in [5.41, 5.74) is 3.39. The summed E-state index contributed by atoms with van der Waals surface area (Å²) in [6.07, 6.45) is 0.411. The lowest BCUT2D eigenvalue weighted by Gasteiger charge is -2.15. The fourth-order valence-electron chi connectivity index (χ4n) is 1.95. The predicted octanol–water partition coefficient (Wildman–Crippen LogP) is 4.46. The zero-order valence-corrected chi connectivity index (χ0v) is 14.2. The first kappa shape index (κ1) is 16.4. The molecule has 0 aliphatic rings. The number of Topliss-reactive ketones (excluding diaryl/α,β-unsaturated/α-hetero) is 1. The van der Waals surface area contributed by atoms with Gasteiger partial charge in [-0.1, -0.05) is 29.3 Å². The average molecular weight is 343 g/mol. The molecule has 0 saturated heterocycles. The third kappa shape index (κ3) is 4.27. The number of thiazole rings is 1. The quantitative estimate of drug-likeness (QED) is 0.726. The molecule has 0 radical (unpaired) electrons. The van der Waals surface area contributed by atoms with Crippen LogP contribution in [0.2, 0.25) is 10.0 Å². The third-order valence-corrected chi connectivity index (χ3v) is 4.97. The zero-order valence-electron chi connectivity index (χ0n) is 11.9. The number of hydrogen-bond acceptors (Lipinski definition) is 4. The van der Waals surface area contributed by atoms with Gasteiger partial charge in [0.1, 0.15) is 0 Å². The van der Waals surface area contributed by atoms with E-state index in [1.54, 1.807) is 29.5 Å². The highest BCUT2D eigenvalue weighted by Gasteiger charge is 2.14. The number of rotatable bonds is 6. The number of carbonyl (C=O) groups excluding carboxylic acids is 1. The molecule has 0 amide bonds. The van der Waals surface area contributed by atoms with E-state index in [-0.39, 0.29) is 5.78 Å².